The van der Waals surface area contributed by atoms with Gasteiger partial charge in [0.1, 0.15) is 34.9 Å². The van der Waals surface area contributed by atoms with E-state index in [4.69, 9.17) is 14.5 Å². The average molecular weight is 584 g/mol. The Hall–Kier alpha value is -4.16. The summed E-state index contributed by atoms with van der Waals surface area (Å²) in [4.78, 5) is 52.1. The maximum absolute atomic E-state index is 12.1. The first-order valence-corrected chi connectivity index (χ1v) is 14.4. The van der Waals surface area contributed by atoms with Gasteiger partial charge in [0.05, 0.1) is 0 Å². The zero-order valence-electron chi connectivity index (χ0n) is 25.0. The number of aromatic nitrogens is 3. The Morgan fingerprint density at radius 1 is 1.14 bits per heavy atom. The van der Waals surface area contributed by atoms with Gasteiger partial charge in [0.2, 0.25) is 0 Å². The summed E-state index contributed by atoms with van der Waals surface area (Å²) < 4.78 is 9.92. The van der Waals surface area contributed by atoms with Crippen LogP contribution >= 0.6 is 0 Å². The molecule has 2 aromatic heterocycles. The predicted octanol–water partition coefficient (Wildman–Crippen LogP) is 3.16. The number of carbonyl (C=O) groups is 3. The Morgan fingerprint density at radius 2 is 1.88 bits per heavy atom. The summed E-state index contributed by atoms with van der Waals surface area (Å²) in [5.74, 6) is 1.20. The highest BCUT2D eigenvalue weighted by molar-refractivity contribution is 5.82. The molecule has 0 bridgehead atoms. The number of alkyl carbamates (subject to hydrolysis) is 1. The van der Waals surface area contributed by atoms with Gasteiger partial charge in [-0.2, -0.15) is 0 Å². The fourth-order valence-electron chi connectivity index (χ4n) is 5.13. The first-order valence-electron chi connectivity index (χ1n) is 14.4. The van der Waals surface area contributed by atoms with Crippen molar-refractivity contribution in [2.75, 3.05) is 48.3 Å². The molecule has 1 unspecified atom stereocenters. The first-order chi connectivity index (χ1) is 19.9. The molecule has 0 spiro atoms. The number of aryl methyl sites for hydroxylation is 2. The minimum Gasteiger partial charge on any atom is -0.480 e. The van der Waals surface area contributed by atoms with Crippen molar-refractivity contribution >= 4 is 35.5 Å². The van der Waals surface area contributed by atoms with Crippen molar-refractivity contribution in [3.63, 3.8) is 0 Å². The second-order valence-corrected chi connectivity index (χ2v) is 11.7. The van der Waals surface area contributed by atoms with E-state index in [-0.39, 0.29) is 6.54 Å². The molecule has 0 aliphatic carbocycles. The van der Waals surface area contributed by atoms with Gasteiger partial charge in [-0.3, -0.25) is 0 Å². The van der Waals surface area contributed by atoms with E-state index in [1.807, 2.05) is 6.92 Å². The summed E-state index contributed by atoms with van der Waals surface area (Å²) in [7, 11) is 0. The van der Waals surface area contributed by atoms with Crippen molar-refractivity contribution in [1.82, 2.24) is 20.3 Å². The topological polar surface area (TPSA) is 168 Å². The number of carboxylic acids is 1. The molecule has 4 rings (SSSR count). The zero-order valence-corrected chi connectivity index (χ0v) is 25.0. The third-order valence-electron chi connectivity index (χ3n) is 7.17. The SMILES string of the molecule is Cc1nc(NCC(NC(=O)OCC(=O)OC(C)(C)C)C(=O)O)c(C)c(N2CCC(c3ccc4c(n3)NCCC4)CC2)n1. The molecule has 13 nitrogen and oxygen atoms in total. The van der Waals surface area contributed by atoms with Gasteiger partial charge in [-0.05, 0) is 71.9 Å². The molecule has 4 heterocycles. The number of anilines is 3. The predicted molar refractivity (Wildman–Crippen MR) is 157 cm³/mol. The highest BCUT2D eigenvalue weighted by Gasteiger charge is 2.27. The highest BCUT2D eigenvalue weighted by atomic mass is 16.6. The summed E-state index contributed by atoms with van der Waals surface area (Å²) in [5.41, 5.74) is 2.46. The van der Waals surface area contributed by atoms with Crippen LogP contribution in [0.3, 0.4) is 0 Å². The largest absolute Gasteiger partial charge is 0.480 e. The molecule has 2 aromatic rings. The molecule has 1 atom stereocenters. The standard InChI is InChI=1S/C29H41N7O6/c1-17-24(31-15-22(27(38)39)35-28(40)41-16-23(37)42-29(3,4)5)32-18(2)33-26(17)36-13-10-19(11-14-36)21-9-8-20-7-6-12-30-25(20)34-21/h8-9,19,22H,6-7,10-16H2,1-5H3,(H,30,34)(H,35,40)(H,38,39)(H,31,32,33). The average Bonchev–Trinajstić information content (AvgIpc) is 2.94. The number of piperidine rings is 1. The van der Waals surface area contributed by atoms with Crippen molar-refractivity contribution in [3.8, 4) is 0 Å². The Morgan fingerprint density at radius 3 is 2.57 bits per heavy atom. The van der Waals surface area contributed by atoms with Gasteiger partial charge in [0.25, 0.3) is 0 Å². The Labute approximate surface area is 245 Å². The van der Waals surface area contributed by atoms with Crippen LogP contribution in [0.25, 0.3) is 0 Å². The molecule has 0 aromatic carbocycles. The Kier molecular flexibility index (Phi) is 9.69. The number of hydrogen-bond acceptors (Lipinski definition) is 11. The van der Waals surface area contributed by atoms with E-state index >= 15 is 0 Å². The van der Waals surface area contributed by atoms with Crippen LogP contribution < -0.4 is 20.9 Å². The van der Waals surface area contributed by atoms with Gasteiger partial charge in [-0.15, -0.1) is 0 Å². The van der Waals surface area contributed by atoms with E-state index < -0.39 is 36.3 Å². The summed E-state index contributed by atoms with van der Waals surface area (Å²) in [6, 6.07) is 3.03. The van der Waals surface area contributed by atoms with Crippen LogP contribution in [-0.4, -0.2) is 82.5 Å². The van der Waals surface area contributed by atoms with Crippen LogP contribution in [0.4, 0.5) is 22.2 Å². The number of nitrogens with zero attached hydrogens (tertiary/aromatic N) is 4. The highest BCUT2D eigenvalue weighted by Crippen LogP contribution is 2.33. The van der Waals surface area contributed by atoms with E-state index in [0.717, 1.165) is 68.2 Å². The van der Waals surface area contributed by atoms with E-state index in [2.05, 4.69) is 43.0 Å². The van der Waals surface area contributed by atoms with E-state index in [1.165, 1.54) is 5.56 Å². The number of esters is 1. The minimum atomic E-state index is -1.33. The van der Waals surface area contributed by atoms with Gasteiger partial charge < -0.3 is 35.4 Å². The molecule has 13 heteroatoms. The number of ether oxygens (including phenoxy) is 2. The lowest BCUT2D eigenvalue weighted by Crippen LogP contribution is -2.46. The number of carbonyl (C=O) groups excluding carboxylic acids is 2. The zero-order chi connectivity index (χ0) is 30.4. The van der Waals surface area contributed by atoms with Gasteiger partial charge in [0.15, 0.2) is 6.61 Å². The summed E-state index contributed by atoms with van der Waals surface area (Å²) in [6.45, 7) is 10.5. The normalized spacial score (nSPS) is 16.1. The fraction of sp³-hybridized carbons (Fsp3) is 0.586. The van der Waals surface area contributed by atoms with Gasteiger partial charge in [-0.25, -0.2) is 29.3 Å². The van der Waals surface area contributed by atoms with Crippen molar-refractivity contribution in [2.45, 2.75) is 77.9 Å². The molecule has 0 saturated carbocycles. The second-order valence-electron chi connectivity index (χ2n) is 11.7. The number of carboxylic acid groups (broad SMARTS) is 1. The maximum atomic E-state index is 12.1. The molecule has 1 fully saturated rings. The van der Waals surface area contributed by atoms with E-state index in [0.29, 0.717) is 17.6 Å². The quantitative estimate of drug-likeness (QED) is 0.319. The number of aliphatic carboxylic acids is 1. The van der Waals surface area contributed by atoms with Crippen LogP contribution in [-0.2, 0) is 25.5 Å². The van der Waals surface area contributed by atoms with Crippen LogP contribution in [0.5, 0.6) is 0 Å². The molecule has 1 amide bonds. The van der Waals surface area contributed by atoms with Gasteiger partial charge >= 0.3 is 18.0 Å². The lowest BCUT2D eigenvalue weighted by molar-refractivity contribution is -0.158. The summed E-state index contributed by atoms with van der Waals surface area (Å²) in [5, 5.41) is 18.4. The van der Waals surface area contributed by atoms with Crippen LogP contribution in [0, 0.1) is 13.8 Å². The van der Waals surface area contributed by atoms with Crippen molar-refractivity contribution in [3.05, 3.63) is 34.8 Å². The number of fused-ring (bicyclic) bond motifs is 1. The lowest BCUT2D eigenvalue weighted by atomic mass is 9.92. The molecule has 4 N–H and O–H groups in total. The van der Waals surface area contributed by atoms with Gasteiger partial charge in [0, 0.05) is 43.4 Å². The fourth-order valence-corrected chi connectivity index (χ4v) is 5.13. The maximum Gasteiger partial charge on any atom is 0.408 e. The molecular formula is C29H41N7O6. The third-order valence-corrected chi connectivity index (χ3v) is 7.17. The molecular weight excluding hydrogens is 542 g/mol. The van der Waals surface area contributed by atoms with Crippen molar-refractivity contribution < 1.29 is 29.0 Å². The summed E-state index contributed by atoms with van der Waals surface area (Å²) >= 11 is 0. The van der Waals surface area contributed by atoms with Crippen molar-refractivity contribution in [2.24, 2.45) is 0 Å². The summed E-state index contributed by atoms with van der Waals surface area (Å²) in [6.07, 6.45) is 3.04. The second kappa shape index (κ2) is 13.2. The molecule has 0 radical (unpaired) electrons. The minimum absolute atomic E-state index is 0.159. The molecule has 1 saturated heterocycles. The number of rotatable bonds is 9. The van der Waals surface area contributed by atoms with Crippen molar-refractivity contribution in [1.29, 1.82) is 0 Å². The van der Waals surface area contributed by atoms with Crippen LogP contribution in [0.15, 0.2) is 12.1 Å². The number of amides is 1. The van der Waals surface area contributed by atoms with Gasteiger partial charge in [-0.1, -0.05) is 6.07 Å². The molecule has 2 aliphatic rings. The van der Waals surface area contributed by atoms with Crippen LogP contribution in [0.2, 0.25) is 0 Å². The smallest absolute Gasteiger partial charge is 0.408 e. The Balaban J connectivity index is 1.34. The lowest BCUT2D eigenvalue weighted by Gasteiger charge is -2.34. The number of nitrogens with one attached hydrogen (secondary N) is 3. The molecule has 42 heavy (non-hydrogen) atoms. The Bertz CT molecular complexity index is 1300. The van der Waals surface area contributed by atoms with E-state index in [1.54, 1.807) is 27.7 Å². The van der Waals surface area contributed by atoms with Crippen LogP contribution in [0.1, 0.15) is 68.6 Å². The molecule has 2 aliphatic heterocycles. The van der Waals surface area contributed by atoms with E-state index in [9.17, 15) is 19.5 Å². The number of hydrogen-bond donors (Lipinski definition) is 4. The third kappa shape index (κ3) is 8.20. The monoisotopic (exact) mass is 583 g/mol. The first kappa shape index (κ1) is 30.8. The number of pyridine rings is 1. The molecule has 228 valence electrons.